The fourth-order valence-electron chi connectivity index (χ4n) is 1.85. The predicted molar refractivity (Wildman–Crippen MR) is 74.2 cm³/mol. The van der Waals surface area contributed by atoms with Crippen molar-refractivity contribution in [2.45, 2.75) is 19.1 Å². The molecule has 0 aliphatic rings. The summed E-state index contributed by atoms with van der Waals surface area (Å²) in [4.78, 5) is 0. The summed E-state index contributed by atoms with van der Waals surface area (Å²) in [5.41, 5.74) is 1.18. The lowest BCUT2D eigenvalue weighted by atomic mass is 10.2. The van der Waals surface area contributed by atoms with E-state index in [1.165, 1.54) is 5.56 Å². The van der Waals surface area contributed by atoms with Crippen molar-refractivity contribution < 1.29 is 14.3 Å². The smallest absolute Gasteiger partial charge is 0.129 e. The van der Waals surface area contributed by atoms with Gasteiger partial charge in [-0.15, -0.1) is 0 Å². The first kappa shape index (κ1) is 14.8. The third-order valence-electron chi connectivity index (χ3n) is 2.86. The molecule has 0 fully saturated rings. The van der Waals surface area contributed by atoms with Crippen LogP contribution in [0.3, 0.4) is 0 Å². The Morgan fingerprint density at radius 2 is 2.45 bits per heavy atom. The van der Waals surface area contributed by atoms with Crippen LogP contribution in [0.1, 0.15) is 11.3 Å². The molecule has 0 aliphatic heterocycles. The van der Waals surface area contributed by atoms with Crippen LogP contribution in [-0.2, 0) is 24.8 Å². The lowest BCUT2D eigenvalue weighted by Gasteiger charge is -2.11. The fraction of sp³-hybridized carbons (Fsp3) is 0.500. The Hall–Kier alpha value is -1.63. The highest BCUT2D eigenvalue weighted by atomic mass is 16.5. The zero-order chi connectivity index (χ0) is 14.2. The Labute approximate surface area is 118 Å². The van der Waals surface area contributed by atoms with Crippen LogP contribution >= 0.6 is 0 Å². The molecule has 0 radical (unpaired) electrons. The number of aromatic nitrogens is 2. The topological polar surface area (TPSA) is 72.5 Å². The van der Waals surface area contributed by atoms with Gasteiger partial charge in [-0.3, -0.25) is 4.68 Å². The van der Waals surface area contributed by atoms with Crippen molar-refractivity contribution in [1.29, 1.82) is 0 Å². The highest BCUT2D eigenvalue weighted by molar-refractivity contribution is 5.03. The number of furan rings is 1. The summed E-state index contributed by atoms with van der Waals surface area (Å²) >= 11 is 0. The molecule has 1 atom stereocenters. The molecule has 0 bridgehead atoms. The van der Waals surface area contributed by atoms with Gasteiger partial charge in [0.25, 0.3) is 0 Å². The zero-order valence-electron chi connectivity index (χ0n) is 11.7. The van der Waals surface area contributed by atoms with E-state index >= 15 is 0 Å². The van der Waals surface area contributed by atoms with Gasteiger partial charge < -0.3 is 19.6 Å². The molecule has 2 rings (SSSR count). The third-order valence-corrected chi connectivity index (χ3v) is 2.86. The van der Waals surface area contributed by atoms with Gasteiger partial charge in [0, 0.05) is 19.8 Å². The minimum Gasteiger partial charge on any atom is -0.467 e. The van der Waals surface area contributed by atoms with Gasteiger partial charge in [-0.2, -0.15) is 5.10 Å². The maximum Gasteiger partial charge on any atom is 0.129 e. The maximum atomic E-state index is 9.74. The fourth-order valence-corrected chi connectivity index (χ4v) is 1.85. The van der Waals surface area contributed by atoms with Gasteiger partial charge in [0.1, 0.15) is 12.4 Å². The highest BCUT2D eigenvalue weighted by Gasteiger charge is 2.05. The third kappa shape index (κ3) is 5.16. The molecule has 0 saturated carbocycles. The van der Waals surface area contributed by atoms with Gasteiger partial charge in [0.2, 0.25) is 0 Å². The minimum atomic E-state index is -0.515. The molecular formula is C14H21N3O3. The van der Waals surface area contributed by atoms with Crippen molar-refractivity contribution in [2.75, 3.05) is 19.7 Å². The molecule has 110 valence electrons. The molecule has 0 amide bonds. The second kappa shape index (κ2) is 7.84. The summed E-state index contributed by atoms with van der Waals surface area (Å²) in [5, 5.41) is 17.0. The lowest BCUT2D eigenvalue weighted by Crippen LogP contribution is -2.31. The zero-order valence-corrected chi connectivity index (χ0v) is 11.7. The van der Waals surface area contributed by atoms with Crippen LogP contribution in [0, 0.1) is 0 Å². The molecule has 0 spiro atoms. The van der Waals surface area contributed by atoms with Crippen molar-refractivity contribution in [3.63, 3.8) is 0 Å². The number of rotatable bonds is 9. The van der Waals surface area contributed by atoms with E-state index in [-0.39, 0.29) is 0 Å². The molecule has 20 heavy (non-hydrogen) atoms. The summed E-state index contributed by atoms with van der Waals surface area (Å²) in [6.07, 6.45) is 5.83. The summed E-state index contributed by atoms with van der Waals surface area (Å²) in [7, 11) is 1.90. The van der Waals surface area contributed by atoms with Crippen molar-refractivity contribution >= 4 is 0 Å². The molecule has 6 nitrogen and oxygen atoms in total. The van der Waals surface area contributed by atoms with E-state index in [1.54, 1.807) is 10.9 Å². The quantitative estimate of drug-likeness (QED) is 0.662. The molecule has 2 heterocycles. The van der Waals surface area contributed by atoms with Gasteiger partial charge >= 0.3 is 0 Å². The molecule has 0 saturated heterocycles. The van der Waals surface area contributed by atoms with Crippen LogP contribution in [0.4, 0.5) is 0 Å². The number of ether oxygens (including phenoxy) is 1. The summed E-state index contributed by atoms with van der Waals surface area (Å²) in [6, 6.07) is 3.66. The van der Waals surface area contributed by atoms with Gasteiger partial charge in [-0.05, 0) is 30.7 Å². The Bertz CT molecular complexity index is 482. The van der Waals surface area contributed by atoms with E-state index < -0.39 is 6.10 Å². The van der Waals surface area contributed by atoms with Crippen molar-refractivity contribution in [3.8, 4) is 0 Å². The van der Waals surface area contributed by atoms with E-state index in [2.05, 4.69) is 10.4 Å². The van der Waals surface area contributed by atoms with E-state index in [0.29, 0.717) is 19.8 Å². The standard InChI is InChI=1S/C14H21N3O3/c1-17-9-12(7-16-17)4-5-15-8-13(18)10-19-11-14-3-2-6-20-14/h2-3,6-7,9,13,15,18H,4-5,8,10-11H2,1H3. The molecule has 2 N–H and O–H groups in total. The number of hydrogen-bond acceptors (Lipinski definition) is 5. The Balaban J connectivity index is 1.50. The number of aliphatic hydroxyl groups is 1. The Morgan fingerprint density at radius 3 is 3.15 bits per heavy atom. The highest BCUT2D eigenvalue weighted by Crippen LogP contribution is 2.02. The monoisotopic (exact) mass is 279 g/mol. The summed E-state index contributed by atoms with van der Waals surface area (Å²) in [6.45, 7) is 2.00. The Morgan fingerprint density at radius 1 is 1.55 bits per heavy atom. The SMILES string of the molecule is Cn1cc(CCNCC(O)COCc2ccco2)cn1. The predicted octanol–water partition coefficient (Wildman–Crippen LogP) is 0.723. The second-order valence-electron chi connectivity index (χ2n) is 4.72. The molecular weight excluding hydrogens is 258 g/mol. The average Bonchev–Trinajstić information content (AvgIpc) is 3.06. The number of hydrogen-bond donors (Lipinski definition) is 2. The molecule has 6 heteroatoms. The first-order valence-corrected chi connectivity index (χ1v) is 6.70. The van der Waals surface area contributed by atoms with Gasteiger partial charge in [-0.25, -0.2) is 0 Å². The lowest BCUT2D eigenvalue weighted by molar-refractivity contribution is 0.0228. The van der Waals surface area contributed by atoms with E-state index in [1.807, 2.05) is 31.6 Å². The minimum absolute atomic E-state index is 0.292. The van der Waals surface area contributed by atoms with Gasteiger partial charge in [0.05, 0.1) is 25.2 Å². The largest absolute Gasteiger partial charge is 0.467 e. The van der Waals surface area contributed by atoms with Gasteiger partial charge in [-0.1, -0.05) is 0 Å². The van der Waals surface area contributed by atoms with E-state index in [0.717, 1.165) is 18.7 Å². The summed E-state index contributed by atoms with van der Waals surface area (Å²) < 4.78 is 12.3. The van der Waals surface area contributed by atoms with Crippen molar-refractivity contribution in [2.24, 2.45) is 7.05 Å². The average molecular weight is 279 g/mol. The van der Waals surface area contributed by atoms with Gasteiger partial charge in [0.15, 0.2) is 0 Å². The maximum absolute atomic E-state index is 9.74. The van der Waals surface area contributed by atoms with Crippen LogP contribution in [0.25, 0.3) is 0 Å². The van der Waals surface area contributed by atoms with Crippen molar-refractivity contribution in [1.82, 2.24) is 15.1 Å². The first-order valence-electron chi connectivity index (χ1n) is 6.70. The number of nitrogens with one attached hydrogen (secondary N) is 1. The second-order valence-corrected chi connectivity index (χ2v) is 4.72. The number of aryl methyl sites for hydroxylation is 1. The molecule has 0 aliphatic carbocycles. The normalized spacial score (nSPS) is 12.7. The van der Waals surface area contributed by atoms with Crippen LogP contribution in [0.2, 0.25) is 0 Å². The van der Waals surface area contributed by atoms with Crippen LogP contribution in [0.15, 0.2) is 35.2 Å². The van der Waals surface area contributed by atoms with Crippen LogP contribution in [0.5, 0.6) is 0 Å². The van der Waals surface area contributed by atoms with E-state index in [9.17, 15) is 5.11 Å². The van der Waals surface area contributed by atoms with Crippen molar-refractivity contribution in [3.05, 3.63) is 42.1 Å². The molecule has 0 aromatic carbocycles. The number of aliphatic hydroxyl groups excluding tert-OH is 1. The number of nitrogens with zero attached hydrogens (tertiary/aromatic N) is 2. The first-order chi connectivity index (χ1) is 9.74. The molecule has 2 aromatic heterocycles. The Kier molecular flexibility index (Phi) is 5.79. The molecule has 2 aromatic rings. The molecule has 1 unspecified atom stereocenters. The van der Waals surface area contributed by atoms with E-state index in [4.69, 9.17) is 9.15 Å². The van der Waals surface area contributed by atoms with Crippen LogP contribution in [-0.4, -0.2) is 40.7 Å². The summed E-state index contributed by atoms with van der Waals surface area (Å²) in [5.74, 6) is 0.765. The van der Waals surface area contributed by atoms with Crippen LogP contribution < -0.4 is 5.32 Å².